The lowest BCUT2D eigenvalue weighted by Crippen LogP contribution is -2.41. The molecule has 0 bridgehead atoms. The number of benzene rings is 2. The fraction of sp³-hybridized carbons (Fsp3) is 0.250. The van der Waals surface area contributed by atoms with Crippen molar-refractivity contribution >= 4 is 17.9 Å². The Morgan fingerprint density at radius 2 is 1.54 bits per heavy atom. The predicted molar refractivity (Wildman–Crippen MR) is 101 cm³/mol. The van der Waals surface area contributed by atoms with Crippen LogP contribution in [-0.2, 0) is 11.3 Å². The summed E-state index contributed by atoms with van der Waals surface area (Å²) in [6.07, 6.45) is -0.537. The molecule has 0 aliphatic rings. The summed E-state index contributed by atoms with van der Waals surface area (Å²) in [5.74, 6) is -2.00. The number of alkyl carbamates (subject to hydrolysis) is 1. The van der Waals surface area contributed by atoms with Crippen molar-refractivity contribution in [1.82, 2.24) is 16.2 Å². The molecule has 0 saturated heterocycles. The maximum absolute atomic E-state index is 13.5. The Labute approximate surface area is 162 Å². The number of nitrogens with one attached hydrogen (secondary N) is 3. The zero-order chi connectivity index (χ0) is 20.7. The number of ether oxygens (including phenoxy) is 1. The van der Waals surface area contributed by atoms with E-state index in [1.807, 2.05) is 0 Å². The topological polar surface area (TPSA) is 96.5 Å². The highest BCUT2D eigenvalue weighted by Gasteiger charge is 2.16. The molecule has 2 aromatic carbocycles. The van der Waals surface area contributed by atoms with Crippen molar-refractivity contribution in [3.63, 3.8) is 0 Å². The summed E-state index contributed by atoms with van der Waals surface area (Å²) in [6, 6.07) is 11.8. The van der Waals surface area contributed by atoms with Crippen molar-refractivity contribution in [3.8, 4) is 0 Å². The minimum atomic E-state index is -0.760. The monoisotopic (exact) mass is 387 g/mol. The molecule has 0 fully saturated rings. The Balaban J connectivity index is 1.85. The van der Waals surface area contributed by atoms with E-state index in [4.69, 9.17) is 4.74 Å². The van der Waals surface area contributed by atoms with Crippen LogP contribution in [0.5, 0.6) is 0 Å². The number of hydrazine groups is 1. The minimum Gasteiger partial charge on any atom is -0.444 e. The summed E-state index contributed by atoms with van der Waals surface area (Å²) in [5.41, 5.74) is 4.68. The molecular formula is C20H22FN3O4. The van der Waals surface area contributed by atoms with E-state index < -0.39 is 29.3 Å². The lowest BCUT2D eigenvalue weighted by atomic mass is 10.1. The van der Waals surface area contributed by atoms with Crippen LogP contribution in [0.15, 0.2) is 48.5 Å². The Bertz CT molecular complexity index is 860. The zero-order valence-electron chi connectivity index (χ0n) is 15.8. The molecule has 8 heteroatoms. The van der Waals surface area contributed by atoms with Crippen LogP contribution < -0.4 is 16.2 Å². The average Bonchev–Trinajstić information content (AvgIpc) is 2.63. The van der Waals surface area contributed by atoms with Gasteiger partial charge in [-0.05, 0) is 50.6 Å². The first-order valence-corrected chi connectivity index (χ1v) is 8.57. The molecule has 0 aromatic heterocycles. The molecule has 0 heterocycles. The van der Waals surface area contributed by atoms with Gasteiger partial charge in [0, 0.05) is 12.1 Å². The molecular weight excluding hydrogens is 365 g/mol. The maximum Gasteiger partial charge on any atom is 0.407 e. The number of carbonyl (C=O) groups excluding carboxylic acids is 3. The summed E-state index contributed by atoms with van der Waals surface area (Å²) in [7, 11) is 0. The van der Waals surface area contributed by atoms with Crippen LogP contribution >= 0.6 is 0 Å². The number of halogens is 1. The second kappa shape index (κ2) is 8.98. The second-order valence-electron chi connectivity index (χ2n) is 6.94. The molecule has 0 atom stereocenters. The molecule has 0 radical (unpaired) electrons. The highest BCUT2D eigenvalue weighted by Crippen LogP contribution is 2.08. The van der Waals surface area contributed by atoms with Gasteiger partial charge in [-0.1, -0.05) is 24.3 Å². The summed E-state index contributed by atoms with van der Waals surface area (Å²) >= 11 is 0. The molecule has 3 N–H and O–H groups in total. The third kappa shape index (κ3) is 6.39. The standard InChI is InChI=1S/C20H22FN3O4/c1-20(2,3)28-19(27)22-12-13-8-10-14(11-9-13)17(25)23-24-18(26)15-6-4-5-7-16(15)21/h4-11H,12H2,1-3H3,(H,22,27)(H,23,25)(H,24,26). The first-order chi connectivity index (χ1) is 13.2. The first kappa shape index (κ1) is 20.9. The first-order valence-electron chi connectivity index (χ1n) is 8.57. The lowest BCUT2D eigenvalue weighted by molar-refractivity contribution is 0.0523. The van der Waals surface area contributed by atoms with Gasteiger partial charge >= 0.3 is 6.09 Å². The van der Waals surface area contributed by atoms with Crippen molar-refractivity contribution in [1.29, 1.82) is 0 Å². The van der Waals surface area contributed by atoms with Crippen LogP contribution in [0.3, 0.4) is 0 Å². The normalized spacial score (nSPS) is 10.7. The van der Waals surface area contributed by atoms with Crippen molar-refractivity contribution in [2.24, 2.45) is 0 Å². The lowest BCUT2D eigenvalue weighted by Gasteiger charge is -2.19. The molecule has 0 unspecified atom stereocenters. The second-order valence-corrected chi connectivity index (χ2v) is 6.94. The largest absolute Gasteiger partial charge is 0.444 e. The summed E-state index contributed by atoms with van der Waals surface area (Å²) < 4.78 is 18.7. The molecule has 148 valence electrons. The number of carbonyl (C=O) groups is 3. The molecule has 0 saturated carbocycles. The van der Waals surface area contributed by atoms with Gasteiger partial charge < -0.3 is 10.1 Å². The highest BCUT2D eigenvalue weighted by molar-refractivity contribution is 5.99. The Morgan fingerprint density at radius 3 is 2.14 bits per heavy atom. The van der Waals surface area contributed by atoms with Crippen LogP contribution in [0.2, 0.25) is 0 Å². The van der Waals surface area contributed by atoms with Crippen LogP contribution in [0.1, 0.15) is 47.1 Å². The summed E-state index contributed by atoms with van der Waals surface area (Å²) in [4.78, 5) is 35.6. The number of amides is 3. The van der Waals surface area contributed by atoms with Gasteiger partial charge in [-0.2, -0.15) is 0 Å². The smallest absolute Gasteiger partial charge is 0.407 e. The van der Waals surface area contributed by atoms with Gasteiger partial charge in [-0.15, -0.1) is 0 Å². The fourth-order valence-corrected chi connectivity index (χ4v) is 2.16. The van der Waals surface area contributed by atoms with E-state index >= 15 is 0 Å². The number of hydrogen-bond acceptors (Lipinski definition) is 4. The van der Waals surface area contributed by atoms with E-state index in [-0.39, 0.29) is 17.7 Å². The van der Waals surface area contributed by atoms with Crippen LogP contribution in [0, 0.1) is 5.82 Å². The van der Waals surface area contributed by atoms with E-state index in [0.717, 1.165) is 11.6 Å². The quantitative estimate of drug-likeness (QED) is 0.703. The molecule has 0 aliphatic carbocycles. The molecule has 2 aromatic rings. The summed E-state index contributed by atoms with van der Waals surface area (Å²) in [6.45, 7) is 5.54. The van der Waals surface area contributed by atoms with Gasteiger partial charge in [-0.3, -0.25) is 20.4 Å². The van der Waals surface area contributed by atoms with Gasteiger partial charge in [0.15, 0.2) is 0 Å². The Hall–Kier alpha value is -3.42. The van der Waals surface area contributed by atoms with Crippen molar-refractivity contribution < 1.29 is 23.5 Å². The van der Waals surface area contributed by atoms with Gasteiger partial charge in [0.2, 0.25) is 0 Å². The van der Waals surface area contributed by atoms with Crippen molar-refractivity contribution in [3.05, 3.63) is 71.0 Å². The molecule has 7 nitrogen and oxygen atoms in total. The van der Waals surface area contributed by atoms with Gasteiger partial charge in [-0.25, -0.2) is 9.18 Å². The Kier molecular flexibility index (Phi) is 6.70. The van der Waals surface area contributed by atoms with Crippen molar-refractivity contribution in [2.75, 3.05) is 0 Å². The molecule has 2 rings (SSSR count). The van der Waals surface area contributed by atoms with Crippen LogP contribution in [0.25, 0.3) is 0 Å². The summed E-state index contributed by atoms with van der Waals surface area (Å²) in [5, 5.41) is 2.61. The van der Waals surface area contributed by atoms with E-state index in [1.54, 1.807) is 32.9 Å². The minimum absolute atomic E-state index is 0.175. The van der Waals surface area contributed by atoms with E-state index in [9.17, 15) is 18.8 Å². The molecule has 0 aliphatic heterocycles. The molecule has 0 spiro atoms. The van der Waals surface area contributed by atoms with E-state index in [0.29, 0.717) is 0 Å². The SMILES string of the molecule is CC(C)(C)OC(=O)NCc1ccc(C(=O)NNC(=O)c2ccccc2F)cc1. The fourth-order valence-electron chi connectivity index (χ4n) is 2.16. The Morgan fingerprint density at radius 1 is 0.929 bits per heavy atom. The number of hydrogen-bond donors (Lipinski definition) is 3. The zero-order valence-corrected chi connectivity index (χ0v) is 15.8. The molecule has 28 heavy (non-hydrogen) atoms. The van der Waals surface area contributed by atoms with E-state index in [2.05, 4.69) is 16.2 Å². The average molecular weight is 387 g/mol. The maximum atomic E-state index is 13.5. The third-order valence-electron chi connectivity index (χ3n) is 3.46. The van der Waals surface area contributed by atoms with Gasteiger partial charge in [0.1, 0.15) is 11.4 Å². The van der Waals surface area contributed by atoms with Crippen LogP contribution in [-0.4, -0.2) is 23.5 Å². The van der Waals surface area contributed by atoms with Crippen molar-refractivity contribution in [2.45, 2.75) is 32.9 Å². The molecule has 3 amide bonds. The van der Waals surface area contributed by atoms with Crippen LogP contribution in [0.4, 0.5) is 9.18 Å². The predicted octanol–water partition coefficient (Wildman–Crippen LogP) is 2.93. The van der Waals surface area contributed by atoms with Gasteiger partial charge in [0.25, 0.3) is 11.8 Å². The van der Waals surface area contributed by atoms with Gasteiger partial charge in [0.05, 0.1) is 5.56 Å². The van der Waals surface area contributed by atoms with E-state index in [1.165, 1.54) is 30.3 Å². The highest BCUT2D eigenvalue weighted by atomic mass is 19.1. The third-order valence-corrected chi connectivity index (χ3v) is 3.46. The number of rotatable bonds is 4.